The minimum Gasteiger partial charge on any atom is -0.376 e. The average molecular weight is 310 g/mol. The number of rotatable bonds is 4. The minimum absolute atomic E-state index is 0.0858. The maximum absolute atomic E-state index is 12.3. The lowest BCUT2D eigenvalue weighted by Gasteiger charge is -2.23. The van der Waals surface area contributed by atoms with Gasteiger partial charge in [0.2, 0.25) is 0 Å². The third-order valence-electron chi connectivity index (χ3n) is 3.67. The molecule has 2 aromatic rings. The molecule has 0 aromatic carbocycles. The van der Waals surface area contributed by atoms with Crippen molar-refractivity contribution in [3.63, 3.8) is 0 Å². The maximum atomic E-state index is 12.3. The van der Waals surface area contributed by atoms with Crippen molar-refractivity contribution in [2.45, 2.75) is 18.4 Å². The molecule has 1 saturated heterocycles. The third kappa shape index (κ3) is 2.93. The van der Waals surface area contributed by atoms with Gasteiger partial charge in [0.15, 0.2) is 0 Å². The van der Waals surface area contributed by atoms with Crippen LogP contribution in [0.4, 0.5) is 0 Å². The highest BCUT2D eigenvalue weighted by atomic mass is 35.5. The molecule has 2 aromatic heterocycles. The first kappa shape index (κ1) is 14.1. The molecule has 0 saturated carbocycles. The fraction of sp³-hybridized carbons (Fsp3) is 0.462. The van der Waals surface area contributed by atoms with Gasteiger partial charge in [-0.3, -0.25) is 9.89 Å². The quantitative estimate of drug-likeness (QED) is 0.894. The molecule has 2 atom stereocenters. The van der Waals surface area contributed by atoms with Gasteiger partial charge < -0.3 is 14.6 Å². The van der Waals surface area contributed by atoms with Crippen molar-refractivity contribution in [2.75, 3.05) is 20.2 Å². The Labute approximate surface area is 126 Å². The van der Waals surface area contributed by atoms with Crippen molar-refractivity contribution in [2.24, 2.45) is 0 Å². The fourth-order valence-electron chi connectivity index (χ4n) is 2.58. The summed E-state index contributed by atoms with van der Waals surface area (Å²) >= 11 is 5.82. The number of aromatic nitrogens is 4. The zero-order valence-electron chi connectivity index (χ0n) is 11.5. The van der Waals surface area contributed by atoms with Crippen LogP contribution in [0.25, 0.3) is 0 Å². The fourth-order valence-corrected chi connectivity index (χ4v) is 2.75. The van der Waals surface area contributed by atoms with Crippen LogP contribution in [0.3, 0.4) is 0 Å². The van der Waals surface area contributed by atoms with E-state index in [4.69, 9.17) is 16.3 Å². The normalized spacial score (nSPS) is 21.6. The van der Waals surface area contributed by atoms with Crippen molar-refractivity contribution >= 4 is 17.5 Å². The molecule has 1 aliphatic rings. The van der Waals surface area contributed by atoms with Gasteiger partial charge in [-0.25, -0.2) is 4.98 Å². The molecular weight excluding hydrogens is 294 g/mol. The number of H-pyrrole nitrogens is 2. The number of hydrogen-bond acceptors (Lipinski definition) is 4. The predicted octanol–water partition coefficient (Wildman–Crippen LogP) is 1.43. The van der Waals surface area contributed by atoms with Gasteiger partial charge in [0, 0.05) is 32.3 Å². The lowest BCUT2D eigenvalue weighted by Crippen LogP contribution is -2.36. The van der Waals surface area contributed by atoms with Crippen LogP contribution in [0.1, 0.15) is 28.7 Å². The third-order valence-corrected chi connectivity index (χ3v) is 3.89. The lowest BCUT2D eigenvalue weighted by molar-refractivity contribution is 0.0546. The van der Waals surface area contributed by atoms with Crippen LogP contribution in [-0.4, -0.2) is 57.3 Å². The molecule has 0 aliphatic carbocycles. The van der Waals surface area contributed by atoms with Gasteiger partial charge in [-0.05, 0) is 12.5 Å². The second-order valence-corrected chi connectivity index (χ2v) is 5.53. The monoisotopic (exact) mass is 309 g/mol. The van der Waals surface area contributed by atoms with Crippen LogP contribution in [-0.2, 0) is 4.74 Å². The van der Waals surface area contributed by atoms with E-state index in [1.165, 1.54) is 6.33 Å². The van der Waals surface area contributed by atoms with Gasteiger partial charge in [-0.2, -0.15) is 5.10 Å². The summed E-state index contributed by atoms with van der Waals surface area (Å²) < 4.78 is 5.73. The molecule has 8 heteroatoms. The smallest absolute Gasteiger partial charge is 0.270 e. The topological polar surface area (TPSA) is 86.9 Å². The Morgan fingerprint density at radius 1 is 1.62 bits per heavy atom. The zero-order valence-corrected chi connectivity index (χ0v) is 12.3. The number of nitrogens with one attached hydrogen (secondary N) is 2. The van der Waals surface area contributed by atoms with E-state index in [2.05, 4.69) is 20.2 Å². The van der Waals surface area contributed by atoms with Gasteiger partial charge in [0.25, 0.3) is 5.91 Å². The number of halogens is 1. The Kier molecular flexibility index (Phi) is 3.94. The molecule has 0 unspecified atom stereocenters. The SMILES string of the molecule is CN(C[C@H]1OCC[C@H]1c1ncn[nH]1)C(=O)c1cc(Cl)c[nH]1. The summed E-state index contributed by atoms with van der Waals surface area (Å²) in [5.41, 5.74) is 0.469. The molecule has 2 N–H and O–H groups in total. The van der Waals surface area contributed by atoms with Crippen LogP contribution < -0.4 is 0 Å². The Morgan fingerprint density at radius 3 is 3.14 bits per heavy atom. The van der Waals surface area contributed by atoms with Gasteiger partial charge >= 0.3 is 0 Å². The number of ether oxygens (including phenoxy) is 1. The Bertz CT molecular complexity index is 612. The second kappa shape index (κ2) is 5.87. The molecule has 1 fully saturated rings. The molecule has 7 nitrogen and oxygen atoms in total. The summed E-state index contributed by atoms with van der Waals surface area (Å²) in [7, 11) is 1.75. The van der Waals surface area contributed by atoms with E-state index in [1.54, 1.807) is 24.2 Å². The Hall–Kier alpha value is -1.86. The average Bonchev–Trinajstić information content (AvgIpc) is 3.17. The van der Waals surface area contributed by atoms with Crippen molar-refractivity contribution < 1.29 is 9.53 Å². The molecule has 112 valence electrons. The highest BCUT2D eigenvalue weighted by molar-refractivity contribution is 6.30. The second-order valence-electron chi connectivity index (χ2n) is 5.09. The van der Waals surface area contributed by atoms with Crippen molar-refractivity contribution in [1.29, 1.82) is 0 Å². The molecule has 3 rings (SSSR count). The number of aromatic amines is 2. The summed E-state index contributed by atoms with van der Waals surface area (Å²) in [6.45, 7) is 1.15. The summed E-state index contributed by atoms with van der Waals surface area (Å²) in [5.74, 6) is 0.824. The van der Waals surface area contributed by atoms with E-state index in [9.17, 15) is 4.79 Å². The number of carbonyl (C=O) groups excluding carboxylic acids is 1. The van der Waals surface area contributed by atoms with Crippen LogP contribution >= 0.6 is 11.6 Å². The zero-order chi connectivity index (χ0) is 14.8. The highest BCUT2D eigenvalue weighted by Crippen LogP contribution is 2.29. The van der Waals surface area contributed by atoms with Crippen LogP contribution in [0, 0.1) is 0 Å². The largest absolute Gasteiger partial charge is 0.376 e. The van der Waals surface area contributed by atoms with E-state index < -0.39 is 0 Å². The van der Waals surface area contributed by atoms with Gasteiger partial charge in [0.1, 0.15) is 17.8 Å². The van der Waals surface area contributed by atoms with Crippen molar-refractivity contribution in [3.8, 4) is 0 Å². The molecule has 0 spiro atoms. The molecular formula is C13H16ClN5O2. The summed E-state index contributed by atoms with van der Waals surface area (Å²) in [4.78, 5) is 21.0. The van der Waals surface area contributed by atoms with E-state index in [0.29, 0.717) is 23.9 Å². The predicted molar refractivity (Wildman–Crippen MR) is 76.2 cm³/mol. The van der Waals surface area contributed by atoms with Crippen molar-refractivity contribution in [1.82, 2.24) is 25.1 Å². The van der Waals surface area contributed by atoms with Gasteiger partial charge in [-0.15, -0.1) is 0 Å². The first-order valence-electron chi connectivity index (χ1n) is 6.71. The first-order valence-corrected chi connectivity index (χ1v) is 7.09. The molecule has 1 amide bonds. The molecule has 1 aliphatic heterocycles. The van der Waals surface area contributed by atoms with E-state index in [1.807, 2.05) is 0 Å². The van der Waals surface area contributed by atoms with Crippen LogP contribution in [0.15, 0.2) is 18.6 Å². The molecule has 0 radical (unpaired) electrons. The summed E-state index contributed by atoms with van der Waals surface area (Å²) in [6.07, 6.45) is 3.86. The number of amides is 1. The number of carbonyl (C=O) groups is 1. The Morgan fingerprint density at radius 2 is 2.48 bits per heavy atom. The first-order chi connectivity index (χ1) is 10.1. The van der Waals surface area contributed by atoms with E-state index >= 15 is 0 Å². The summed E-state index contributed by atoms with van der Waals surface area (Å²) in [5, 5.41) is 7.27. The minimum atomic E-state index is -0.117. The molecule has 21 heavy (non-hydrogen) atoms. The van der Waals surface area contributed by atoms with Crippen LogP contribution in [0.5, 0.6) is 0 Å². The van der Waals surface area contributed by atoms with Crippen LogP contribution in [0.2, 0.25) is 5.02 Å². The summed E-state index contributed by atoms with van der Waals surface area (Å²) in [6, 6.07) is 1.61. The highest BCUT2D eigenvalue weighted by Gasteiger charge is 2.33. The number of hydrogen-bond donors (Lipinski definition) is 2. The molecule has 0 bridgehead atoms. The maximum Gasteiger partial charge on any atom is 0.270 e. The van der Waals surface area contributed by atoms with E-state index in [0.717, 1.165) is 12.2 Å². The number of nitrogens with zero attached hydrogens (tertiary/aromatic N) is 3. The van der Waals surface area contributed by atoms with Gasteiger partial charge in [0.05, 0.1) is 11.1 Å². The Balaban J connectivity index is 1.66. The van der Waals surface area contributed by atoms with E-state index in [-0.39, 0.29) is 17.9 Å². The molecule has 3 heterocycles. The lowest BCUT2D eigenvalue weighted by atomic mass is 10.0. The van der Waals surface area contributed by atoms with Crippen molar-refractivity contribution in [3.05, 3.63) is 35.1 Å². The number of likely N-dealkylation sites (N-methyl/N-ethyl adjacent to an activating group) is 1. The standard InChI is InChI=1S/C13H16ClN5O2/c1-19(13(20)10-4-8(14)5-15-10)6-11-9(2-3-21-11)12-16-7-17-18-12/h4-5,7,9,11,15H,2-3,6H2,1H3,(H,16,17,18)/t9-,11-/m1/s1. The van der Waals surface area contributed by atoms with Gasteiger partial charge in [-0.1, -0.05) is 11.6 Å².